The quantitative estimate of drug-likeness (QED) is 0.448. The van der Waals surface area contributed by atoms with Gasteiger partial charge >= 0.3 is 0 Å². The third kappa shape index (κ3) is 5.69. The monoisotopic (exact) mass is 387 g/mol. The van der Waals surface area contributed by atoms with Gasteiger partial charge in [-0.1, -0.05) is 44.2 Å². The molecular weight excluding hydrogens is 361 g/mol. The van der Waals surface area contributed by atoms with E-state index in [-0.39, 0.29) is 24.0 Å². The van der Waals surface area contributed by atoms with Crippen molar-refractivity contribution < 1.29 is 0 Å². The SMILES string of the molecule is CC(C)CNC(N)=NCC1(Cc2ccccc2)CC1.I. The predicted octanol–water partition coefficient (Wildman–Crippen LogP) is 3.19. The molecule has 0 radical (unpaired) electrons. The molecule has 0 saturated heterocycles. The Kier molecular flexibility index (Phi) is 6.79. The molecule has 0 bridgehead atoms. The fraction of sp³-hybridized carbons (Fsp3) is 0.562. The summed E-state index contributed by atoms with van der Waals surface area (Å²) in [5, 5.41) is 3.17. The lowest BCUT2D eigenvalue weighted by atomic mass is 9.97. The van der Waals surface area contributed by atoms with E-state index in [1.165, 1.54) is 18.4 Å². The van der Waals surface area contributed by atoms with Gasteiger partial charge in [-0.25, -0.2) is 0 Å². The average Bonchev–Trinajstić information content (AvgIpc) is 3.15. The van der Waals surface area contributed by atoms with Gasteiger partial charge in [0, 0.05) is 13.1 Å². The number of nitrogens with one attached hydrogen (secondary N) is 1. The zero-order valence-electron chi connectivity index (χ0n) is 12.4. The van der Waals surface area contributed by atoms with Crippen molar-refractivity contribution >= 4 is 29.9 Å². The second-order valence-corrected chi connectivity index (χ2v) is 6.14. The van der Waals surface area contributed by atoms with E-state index in [4.69, 9.17) is 5.73 Å². The minimum Gasteiger partial charge on any atom is -0.370 e. The van der Waals surface area contributed by atoms with Crippen LogP contribution in [-0.4, -0.2) is 19.0 Å². The molecule has 4 heteroatoms. The molecule has 3 N–H and O–H groups in total. The molecule has 1 aliphatic carbocycles. The van der Waals surface area contributed by atoms with Gasteiger partial charge in [-0.05, 0) is 36.2 Å². The molecular formula is C16H26IN3. The highest BCUT2D eigenvalue weighted by Crippen LogP contribution is 2.48. The van der Waals surface area contributed by atoms with Crippen molar-refractivity contribution in [2.45, 2.75) is 33.1 Å². The van der Waals surface area contributed by atoms with Crippen molar-refractivity contribution in [1.29, 1.82) is 0 Å². The highest BCUT2D eigenvalue weighted by molar-refractivity contribution is 14.0. The van der Waals surface area contributed by atoms with E-state index in [0.29, 0.717) is 17.3 Å². The van der Waals surface area contributed by atoms with Gasteiger partial charge in [0.05, 0.1) is 0 Å². The molecule has 0 aromatic heterocycles. The molecule has 0 spiro atoms. The van der Waals surface area contributed by atoms with Crippen molar-refractivity contribution in [3.63, 3.8) is 0 Å². The first-order valence-electron chi connectivity index (χ1n) is 7.17. The molecule has 0 atom stereocenters. The Hall–Kier alpha value is -0.780. The van der Waals surface area contributed by atoms with Gasteiger partial charge in [-0.3, -0.25) is 4.99 Å². The van der Waals surface area contributed by atoms with Crippen LogP contribution in [0.5, 0.6) is 0 Å². The van der Waals surface area contributed by atoms with Crippen molar-refractivity contribution in [2.24, 2.45) is 22.1 Å². The molecule has 112 valence electrons. The molecule has 0 heterocycles. The van der Waals surface area contributed by atoms with Gasteiger partial charge in [0.15, 0.2) is 5.96 Å². The summed E-state index contributed by atoms with van der Waals surface area (Å²) in [6.07, 6.45) is 3.65. The predicted molar refractivity (Wildman–Crippen MR) is 96.6 cm³/mol. The second kappa shape index (κ2) is 7.86. The Labute approximate surface area is 139 Å². The third-order valence-corrected chi connectivity index (χ3v) is 3.66. The van der Waals surface area contributed by atoms with Gasteiger partial charge in [0.25, 0.3) is 0 Å². The largest absolute Gasteiger partial charge is 0.370 e. The first kappa shape index (κ1) is 17.3. The number of rotatable bonds is 6. The van der Waals surface area contributed by atoms with Crippen LogP contribution in [0.4, 0.5) is 0 Å². The number of nitrogens with zero attached hydrogens (tertiary/aromatic N) is 1. The van der Waals surface area contributed by atoms with Crippen LogP contribution in [0, 0.1) is 11.3 Å². The van der Waals surface area contributed by atoms with Gasteiger partial charge in [-0.2, -0.15) is 0 Å². The van der Waals surface area contributed by atoms with E-state index in [9.17, 15) is 0 Å². The van der Waals surface area contributed by atoms with E-state index >= 15 is 0 Å². The van der Waals surface area contributed by atoms with Crippen LogP contribution in [0.1, 0.15) is 32.3 Å². The molecule has 0 aliphatic heterocycles. The summed E-state index contributed by atoms with van der Waals surface area (Å²) >= 11 is 0. The van der Waals surface area contributed by atoms with Crippen molar-refractivity contribution in [3.05, 3.63) is 35.9 Å². The first-order valence-corrected chi connectivity index (χ1v) is 7.17. The van der Waals surface area contributed by atoms with E-state index in [0.717, 1.165) is 19.5 Å². The maximum absolute atomic E-state index is 5.89. The molecule has 20 heavy (non-hydrogen) atoms. The number of aliphatic imine (C=N–C) groups is 1. The highest BCUT2D eigenvalue weighted by Gasteiger charge is 2.42. The molecule has 1 aromatic rings. The standard InChI is InChI=1S/C16H25N3.HI/c1-13(2)11-18-15(17)19-12-16(8-9-16)10-14-6-4-3-5-7-14;/h3-7,13H,8-12H2,1-2H3,(H3,17,18,19);1H. The Morgan fingerprint density at radius 2 is 1.95 bits per heavy atom. The lowest BCUT2D eigenvalue weighted by molar-refractivity contribution is 0.520. The zero-order chi connectivity index (χ0) is 13.7. The van der Waals surface area contributed by atoms with Crippen molar-refractivity contribution in [2.75, 3.05) is 13.1 Å². The van der Waals surface area contributed by atoms with Crippen LogP contribution in [0.3, 0.4) is 0 Å². The van der Waals surface area contributed by atoms with E-state index in [2.05, 4.69) is 54.5 Å². The molecule has 1 fully saturated rings. The van der Waals surface area contributed by atoms with Crippen LogP contribution >= 0.6 is 24.0 Å². The zero-order valence-corrected chi connectivity index (χ0v) is 14.8. The normalized spacial score (nSPS) is 16.6. The van der Waals surface area contributed by atoms with Gasteiger partial charge in [-0.15, -0.1) is 24.0 Å². The van der Waals surface area contributed by atoms with Crippen molar-refractivity contribution in [1.82, 2.24) is 5.32 Å². The van der Waals surface area contributed by atoms with Crippen molar-refractivity contribution in [3.8, 4) is 0 Å². The summed E-state index contributed by atoms with van der Waals surface area (Å²) in [6, 6.07) is 10.7. The summed E-state index contributed by atoms with van der Waals surface area (Å²) in [5.74, 6) is 1.18. The van der Waals surface area contributed by atoms with Gasteiger partial charge in [0.1, 0.15) is 0 Å². The van der Waals surface area contributed by atoms with Crippen LogP contribution in [-0.2, 0) is 6.42 Å². The molecule has 2 rings (SSSR count). The van der Waals surface area contributed by atoms with E-state index in [1.54, 1.807) is 0 Å². The summed E-state index contributed by atoms with van der Waals surface area (Å²) < 4.78 is 0. The Bertz CT molecular complexity index is 425. The maximum Gasteiger partial charge on any atom is 0.188 e. The number of hydrogen-bond donors (Lipinski definition) is 2. The Balaban J connectivity index is 0.00000200. The first-order chi connectivity index (χ1) is 9.10. The third-order valence-electron chi connectivity index (χ3n) is 3.66. The smallest absolute Gasteiger partial charge is 0.188 e. The molecule has 0 unspecified atom stereocenters. The Morgan fingerprint density at radius 1 is 1.30 bits per heavy atom. The number of guanidine groups is 1. The fourth-order valence-electron chi connectivity index (χ4n) is 2.21. The molecule has 3 nitrogen and oxygen atoms in total. The van der Waals surface area contributed by atoms with E-state index in [1.807, 2.05) is 0 Å². The summed E-state index contributed by atoms with van der Waals surface area (Å²) in [7, 11) is 0. The number of benzene rings is 1. The summed E-state index contributed by atoms with van der Waals surface area (Å²) in [6.45, 7) is 6.07. The highest BCUT2D eigenvalue weighted by atomic mass is 127. The lowest BCUT2D eigenvalue weighted by Crippen LogP contribution is -2.35. The van der Waals surface area contributed by atoms with Crippen LogP contribution in [0.15, 0.2) is 35.3 Å². The van der Waals surface area contributed by atoms with Gasteiger partial charge < -0.3 is 11.1 Å². The maximum atomic E-state index is 5.89. The minimum atomic E-state index is 0. The molecule has 0 amide bonds. The molecule has 1 aliphatic rings. The Morgan fingerprint density at radius 3 is 2.50 bits per heavy atom. The fourth-order valence-corrected chi connectivity index (χ4v) is 2.21. The lowest BCUT2D eigenvalue weighted by Gasteiger charge is -2.14. The summed E-state index contributed by atoms with van der Waals surface area (Å²) in [5.41, 5.74) is 7.66. The molecule has 1 aromatic carbocycles. The topological polar surface area (TPSA) is 50.4 Å². The second-order valence-electron chi connectivity index (χ2n) is 6.14. The number of halogens is 1. The number of nitrogens with two attached hydrogens (primary N) is 1. The molecule has 1 saturated carbocycles. The average molecular weight is 387 g/mol. The van der Waals surface area contributed by atoms with Crippen LogP contribution in [0.2, 0.25) is 0 Å². The number of hydrogen-bond acceptors (Lipinski definition) is 1. The van der Waals surface area contributed by atoms with Crippen LogP contribution < -0.4 is 11.1 Å². The minimum absolute atomic E-state index is 0. The van der Waals surface area contributed by atoms with Crippen LogP contribution in [0.25, 0.3) is 0 Å². The van der Waals surface area contributed by atoms with E-state index < -0.39 is 0 Å². The van der Waals surface area contributed by atoms with Gasteiger partial charge in [0.2, 0.25) is 0 Å². The summed E-state index contributed by atoms with van der Waals surface area (Å²) in [4.78, 5) is 4.51.